The number of aliphatic hydroxyl groups excluding tert-OH is 1. The van der Waals surface area contributed by atoms with Crippen molar-refractivity contribution in [1.82, 2.24) is 9.97 Å². The maximum atomic E-state index is 8.97. The fourth-order valence-corrected chi connectivity index (χ4v) is 4.43. The third kappa shape index (κ3) is 4.34. The van der Waals surface area contributed by atoms with Crippen molar-refractivity contribution in [2.24, 2.45) is 0 Å². The molecular formula is C19H23N3O2S2. The molecule has 0 fully saturated rings. The van der Waals surface area contributed by atoms with E-state index in [1.165, 1.54) is 0 Å². The number of rotatable bonds is 9. The van der Waals surface area contributed by atoms with Crippen LogP contribution in [-0.4, -0.2) is 29.1 Å². The highest BCUT2D eigenvalue weighted by Crippen LogP contribution is 2.29. The summed E-state index contributed by atoms with van der Waals surface area (Å²) in [7, 11) is 3.65. The number of aromatic nitrogens is 3. The molecular weight excluding hydrogens is 366 g/mol. The molecule has 5 nitrogen and oxygen atoms in total. The van der Waals surface area contributed by atoms with Crippen molar-refractivity contribution in [3.8, 4) is 11.7 Å². The van der Waals surface area contributed by atoms with Crippen LogP contribution in [0, 0.1) is 6.92 Å². The van der Waals surface area contributed by atoms with E-state index < -0.39 is 0 Å². The van der Waals surface area contributed by atoms with Crippen molar-refractivity contribution in [1.29, 1.82) is 0 Å². The van der Waals surface area contributed by atoms with Crippen molar-refractivity contribution in [2.75, 3.05) is 19.0 Å². The Morgan fingerprint density at radius 3 is 2.85 bits per heavy atom. The highest BCUT2D eigenvalue weighted by atomic mass is 33.1. The van der Waals surface area contributed by atoms with Crippen molar-refractivity contribution < 1.29 is 14.4 Å². The summed E-state index contributed by atoms with van der Waals surface area (Å²) in [4.78, 5) is 9.36. The number of hydrogen-bond donors (Lipinski definition) is 1. The molecule has 0 aliphatic carbocycles. The molecule has 3 aromatic rings. The predicted molar refractivity (Wildman–Crippen MR) is 108 cm³/mol. The third-order valence-electron chi connectivity index (χ3n) is 3.96. The fraction of sp³-hybridized carbons (Fsp3) is 0.368. The molecule has 0 radical (unpaired) electrons. The largest absolute Gasteiger partial charge is 0.493 e. The van der Waals surface area contributed by atoms with Crippen LogP contribution in [0.25, 0.3) is 17.0 Å². The van der Waals surface area contributed by atoms with Crippen molar-refractivity contribution in [2.45, 2.75) is 26.0 Å². The molecule has 2 aromatic heterocycles. The molecule has 0 saturated heterocycles. The van der Waals surface area contributed by atoms with E-state index in [0.29, 0.717) is 19.0 Å². The SMILES string of the molecule is CCSSCc1c(C)c(OCCCO)cc[n+]1-c1nc2ccccc2[n-]1. The zero-order valence-corrected chi connectivity index (χ0v) is 16.6. The Morgan fingerprint density at radius 1 is 1.23 bits per heavy atom. The van der Waals surface area contributed by atoms with Crippen LogP contribution in [0.5, 0.6) is 5.75 Å². The monoisotopic (exact) mass is 389 g/mol. The number of pyridine rings is 1. The van der Waals surface area contributed by atoms with Crippen LogP contribution in [0.15, 0.2) is 36.5 Å². The minimum atomic E-state index is 0.135. The van der Waals surface area contributed by atoms with Crippen LogP contribution in [0.1, 0.15) is 24.6 Å². The second-order valence-corrected chi connectivity index (χ2v) is 8.48. The Bertz CT molecular complexity index is 834. The first-order chi connectivity index (χ1) is 12.7. The summed E-state index contributed by atoms with van der Waals surface area (Å²) in [6.45, 7) is 4.87. The second kappa shape index (κ2) is 9.30. The lowest BCUT2D eigenvalue weighted by molar-refractivity contribution is -0.611. The summed E-state index contributed by atoms with van der Waals surface area (Å²) < 4.78 is 7.90. The predicted octanol–water partition coefficient (Wildman–Crippen LogP) is 3.44. The summed E-state index contributed by atoms with van der Waals surface area (Å²) in [6, 6.07) is 9.86. The molecule has 3 rings (SSSR count). The van der Waals surface area contributed by atoms with E-state index in [1.807, 2.05) is 58.1 Å². The van der Waals surface area contributed by atoms with Crippen LogP contribution in [0.4, 0.5) is 0 Å². The standard InChI is InChI=1S/C19H23N3O2S2/c1-3-25-26-13-17-14(2)18(24-12-6-11-23)9-10-22(17)19-20-15-7-4-5-8-16(15)21-19/h4-5,7-10,23H,3,6,11-13H2,1-2H3. The first-order valence-corrected chi connectivity index (χ1v) is 11.2. The Hall–Kier alpha value is -1.70. The average Bonchev–Trinajstić information content (AvgIpc) is 3.08. The normalized spacial score (nSPS) is 11.2. The van der Waals surface area contributed by atoms with Crippen LogP contribution >= 0.6 is 21.6 Å². The van der Waals surface area contributed by atoms with Gasteiger partial charge < -0.3 is 9.84 Å². The van der Waals surface area contributed by atoms with Gasteiger partial charge in [0.15, 0.2) is 0 Å². The average molecular weight is 390 g/mol. The molecule has 26 heavy (non-hydrogen) atoms. The van der Waals surface area contributed by atoms with E-state index >= 15 is 0 Å². The molecule has 0 spiro atoms. The van der Waals surface area contributed by atoms with E-state index in [9.17, 15) is 0 Å². The van der Waals surface area contributed by atoms with E-state index in [0.717, 1.165) is 39.5 Å². The number of ether oxygens (including phenoxy) is 1. The topological polar surface area (TPSA) is 60.3 Å². The van der Waals surface area contributed by atoms with Gasteiger partial charge in [-0.25, -0.2) is 9.97 Å². The minimum Gasteiger partial charge on any atom is -0.493 e. The molecule has 1 N–H and O–H groups in total. The molecule has 7 heteroatoms. The van der Waals surface area contributed by atoms with Crippen molar-refractivity contribution in [3.63, 3.8) is 0 Å². The van der Waals surface area contributed by atoms with Gasteiger partial charge in [0, 0.05) is 42.0 Å². The van der Waals surface area contributed by atoms with Gasteiger partial charge in [0.1, 0.15) is 5.75 Å². The first-order valence-electron chi connectivity index (χ1n) is 8.66. The smallest absolute Gasteiger partial charge is 0.235 e. The van der Waals surface area contributed by atoms with Gasteiger partial charge in [-0.05, 0) is 25.1 Å². The lowest BCUT2D eigenvalue weighted by atomic mass is 10.2. The van der Waals surface area contributed by atoms with E-state index in [-0.39, 0.29) is 6.61 Å². The first kappa shape index (κ1) is 19.1. The molecule has 0 aliphatic rings. The van der Waals surface area contributed by atoms with Gasteiger partial charge >= 0.3 is 0 Å². The number of imidazole rings is 1. The van der Waals surface area contributed by atoms with Gasteiger partial charge in [-0.15, -0.1) is 0 Å². The van der Waals surface area contributed by atoms with Crippen LogP contribution in [-0.2, 0) is 5.75 Å². The number of fused-ring (bicyclic) bond motifs is 1. The second-order valence-electron chi connectivity index (χ2n) is 5.73. The molecule has 1 aromatic carbocycles. The number of benzene rings is 1. The van der Waals surface area contributed by atoms with Crippen LogP contribution in [0.2, 0.25) is 0 Å². The van der Waals surface area contributed by atoms with Gasteiger partial charge in [-0.1, -0.05) is 40.6 Å². The lowest BCUT2D eigenvalue weighted by Gasteiger charge is -2.17. The Kier molecular flexibility index (Phi) is 6.82. The van der Waals surface area contributed by atoms with E-state index in [1.54, 1.807) is 0 Å². The maximum absolute atomic E-state index is 8.97. The minimum absolute atomic E-state index is 0.135. The molecule has 0 bridgehead atoms. The maximum Gasteiger partial charge on any atom is 0.235 e. The molecule has 2 heterocycles. The number of hydrogen-bond acceptors (Lipinski definition) is 5. The third-order valence-corrected chi connectivity index (χ3v) is 6.32. The summed E-state index contributed by atoms with van der Waals surface area (Å²) in [6.07, 6.45) is 2.60. The number of para-hydroxylation sites is 2. The molecule has 0 atom stereocenters. The number of nitrogens with zero attached hydrogens (tertiary/aromatic N) is 3. The summed E-state index contributed by atoms with van der Waals surface area (Å²) in [5.74, 6) is 3.44. The number of aliphatic hydroxyl groups is 1. The van der Waals surface area contributed by atoms with Gasteiger partial charge in [0.25, 0.3) is 0 Å². The molecule has 0 unspecified atom stereocenters. The van der Waals surface area contributed by atoms with Gasteiger partial charge in [0.2, 0.25) is 5.95 Å². The fourth-order valence-electron chi connectivity index (χ4n) is 2.63. The highest BCUT2D eigenvalue weighted by molar-refractivity contribution is 8.76. The Labute approximate surface area is 161 Å². The molecule has 0 amide bonds. The Balaban J connectivity index is 1.97. The van der Waals surface area contributed by atoms with Crippen LogP contribution < -0.4 is 14.3 Å². The van der Waals surface area contributed by atoms with Gasteiger partial charge in [0.05, 0.1) is 17.6 Å². The van der Waals surface area contributed by atoms with Gasteiger partial charge in [-0.2, -0.15) is 0 Å². The van der Waals surface area contributed by atoms with Crippen molar-refractivity contribution >= 4 is 32.6 Å². The zero-order valence-electron chi connectivity index (χ0n) is 15.0. The summed E-state index contributed by atoms with van der Waals surface area (Å²) in [5.41, 5.74) is 4.02. The summed E-state index contributed by atoms with van der Waals surface area (Å²) >= 11 is 0. The van der Waals surface area contributed by atoms with Crippen LogP contribution in [0.3, 0.4) is 0 Å². The van der Waals surface area contributed by atoms with Gasteiger partial charge in [-0.3, -0.25) is 4.57 Å². The highest BCUT2D eigenvalue weighted by Gasteiger charge is 2.14. The molecule has 138 valence electrons. The van der Waals surface area contributed by atoms with Crippen molar-refractivity contribution in [3.05, 3.63) is 47.8 Å². The quantitative estimate of drug-likeness (QED) is 0.344. The molecule has 0 aliphatic heterocycles. The summed E-state index contributed by atoms with van der Waals surface area (Å²) in [5, 5.41) is 8.97. The molecule has 0 saturated carbocycles. The van der Waals surface area contributed by atoms with E-state index in [4.69, 9.17) is 9.84 Å². The lowest BCUT2D eigenvalue weighted by Crippen LogP contribution is -2.38. The van der Waals surface area contributed by atoms with E-state index in [2.05, 4.69) is 28.4 Å². The zero-order chi connectivity index (χ0) is 18.4. The Morgan fingerprint density at radius 2 is 2.08 bits per heavy atom.